The molecule has 0 aliphatic carbocycles. The molecular weight excluding hydrogens is 430 g/mol. The Morgan fingerprint density at radius 2 is 1.77 bits per heavy atom. The lowest BCUT2D eigenvalue weighted by Crippen LogP contribution is -2.37. The third kappa shape index (κ3) is 5.90. The Morgan fingerprint density at radius 3 is 2.42 bits per heavy atom. The normalized spacial score (nSPS) is 11.9. The molecule has 0 fully saturated rings. The number of benzene rings is 2. The number of thiazole rings is 1. The van der Waals surface area contributed by atoms with Crippen molar-refractivity contribution in [2.75, 3.05) is 37.8 Å². The number of nitrogens with zero attached hydrogens (tertiary/aromatic N) is 3. The number of hydrogen-bond acceptors (Lipinski definition) is 6. The third-order valence-corrected chi connectivity index (χ3v) is 7.72. The molecule has 0 radical (unpaired) electrons. The van der Waals surface area contributed by atoms with Gasteiger partial charge in [-0.3, -0.25) is 9.69 Å². The summed E-state index contributed by atoms with van der Waals surface area (Å²) in [6.07, 6.45) is 1.64. The molecule has 0 bridgehead atoms. The molecule has 8 heteroatoms. The van der Waals surface area contributed by atoms with Gasteiger partial charge in [-0.2, -0.15) is 0 Å². The smallest absolute Gasteiger partial charge is 0.244 e. The average molecular weight is 460 g/mol. The molecule has 2 aromatic carbocycles. The maximum Gasteiger partial charge on any atom is 0.244 e. The van der Waals surface area contributed by atoms with Gasteiger partial charge in [0.05, 0.1) is 15.1 Å². The predicted octanol–water partition coefficient (Wildman–Crippen LogP) is 3.93. The van der Waals surface area contributed by atoms with Crippen LogP contribution in [0.4, 0.5) is 5.13 Å². The standard InChI is InChI=1S/C23H29N3O3S2/c1-5-18-9-12-20-21(15-18)30-23(24-20)26(14-6-13-25(3)4)22(27)16-31(28,29)19-10-7-17(2)8-11-19/h7-12,15H,5-6,13-14,16H2,1-4H3. The molecule has 0 atom stereocenters. The number of carbonyl (C=O) groups is 1. The van der Waals surface area contributed by atoms with Crippen molar-refractivity contribution in [1.82, 2.24) is 9.88 Å². The number of aromatic nitrogens is 1. The van der Waals surface area contributed by atoms with Crippen LogP contribution < -0.4 is 4.90 Å². The van der Waals surface area contributed by atoms with Crippen molar-refractivity contribution in [3.63, 3.8) is 0 Å². The topological polar surface area (TPSA) is 70.6 Å². The highest BCUT2D eigenvalue weighted by Crippen LogP contribution is 2.30. The summed E-state index contributed by atoms with van der Waals surface area (Å²) in [5.41, 5.74) is 3.00. The molecule has 0 saturated carbocycles. The Kier molecular flexibility index (Phi) is 7.46. The second-order valence-electron chi connectivity index (χ2n) is 7.93. The van der Waals surface area contributed by atoms with Gasteiger partial charge in [0.15, 0.2) is 15.0 Å². The first-order valence-corrected chi connectivity index (χ1v) is 12.8. The molecular formula is C23H29N3O3S2. The summed E-state index contributed by atoms with van der Waals surface area (Å²) < 4.78 is 26.7. The van der Waals surface area contributed by atoms with E-state index >= 15 is 0 Å². The summed E-state index contributed by atoms with van der Waals surface area (Å²) in [4.78, 5) is 21.5. The van der Waals surface area contributed by atoms with Gasteiger partial charge in [0.1, 0.15) is 5.75 Å². The van der Waals surface area contributed by atoms with Crippen LogP contribution in [0.1, 0.15) is 24.5 Å². The van der Waals surface area contributed by atoms with E-state index < -0.39 is 21.5 Å². The van der Waals surface area contributed by atoms with E-state index in [-0.39, 0.29) is 4.90 Å². The summed E-state index contributed by atoms with van der Waals surface area (Å²) >= 11 is 1.43. The van der Waals surface area contributed by atoms with Crippen molar-refractivity contribution in [3.05, 3.63) is 53.6 Å². The van der Waals surface area contributed by atoms with Gasteiger partial charge >= 0.3 is 0 Å². The Hall–Kier alpha value is -2.29. The van der Waals surface area contributed by atoms with Crippen molar-refractivity contribution in [2.24, 2.45) is 0 Å². The fourth-order valence-electron chi connectivity index (χ4n) is 3.23. The van der Waals surface area contributed by atoms with Gasteiger partial charge in [-0.25, -0.2) is 13.4 Å². The maximum atomic E-state index is 13.2. The second-order valence-corrected chi connectivity index (χ2v) is 10.9. The van der Waals surface area contributed by atoms with Gasteiger partial charge < -0.3 is 4.90 Å². The van der Waals surface area contributed by atoms with E-state index in [1.165, 1.54) is 21.8 Å². The lowest BCUT2D eigenvalue weighted by Gasteiger charge is -2.21. The largest absolute Gasteiger partial charge is 0.309 e. The van der Waals surface area contributed by atoms with E-state index in [1.54, 1.807) is 24.3 Å². The van der Waals surface area contributed by atoms with E-state index in [4.69, 9.17) is 0 Å². The van der Waals surface area contributed by atoms with Crippen molar-refractivity contribution in [1.29, 1.82) is 0 Å². The van der Waals surface area contributed by atoms with E-state index in [0.29, 0.717) is 11.7 Å². The van der Waals surface area contributed by atoms with Crippen molar-refractivity contribution < 1.29 is 13.2 Å². The summed E-state index contributed by atoms with van der Waals surface area (Å²) in [6.45, 7) is 5.20. The van der Waals surface area contributed by atoms with Crippen LogP contribution in [0.25, 0.3) is 10.2 Å². The zero-order chi connectivity index (χ0) is 22.6. The Bertz CT molecular complexity index is 1150. The van der Waals surface area contributed by atoms with Crippen molar-refractivity contribution in [3.8, 4) is 0 Å². The van der Waals surface area contributed by atoms with E-state index in [0.717, 1.165) is 35.2 Å². The van der Waals surface area contributed by atoms with Crippen LogP contribution in [0.3, 0.4) is 0 Å². The fraction of sp³-hybridized carbons (Fsp3) is 0.391. The van der Waals surface area contributed by atoms with Crippen LogP contribution in [0.5, 0.6) is 0 Å². The number of sulfone groups is 1. The molecule has 6 nitrogen and oxygen atoms in total. The molecule has 3 aromatic rings. The molecule has 0 aliphatic heterocycles. The van der Waals surface area contributed by atoms with Crippen LogP contribution in [0.15, 0.2) is 47.4 Å². The van der Waals surface area contributed by atoms with Gasteiger partial charge in [-0.1, -0.05) is 42.0 Å². The molecule has 31 heavy (non-hydrogen) atoms. The lowest BCUT2D eigenvalue weighted by molar-refractivity contribution is -0.116. The second kappa shape index (κ2) is 9.89. The molecule has 166 valence electrons. The predicted molar refractivity (Wildman–Crippen MR) is 128 cm³/mol. The van der Waals surface area contributed by atoms with Crippen molar-refractivity contribution in [2.45, 2.75) is 31.6 Å². The zero-order valence-electron chi connectivity index (χ0n) is 18.5. The first-order valence-electron chi connectivity index (χ1n) is 10.3. The number of carbonyl (C=O) groups excluding carboxylic acids is 1. The minimum absolute atomic E-state index is 0.163. The van der Waals surface area contributed by atoms with Gasteiger partial charge in [0.25, 0.3) is 0 Å². The van der Waals surface area contributed by atoms with E-state index in [2.05, 4.69) is 18.0 Å². The Labute approximate surface area is 188 Å². The van der Waals surface area contributed by atoms with Crippen LogP contribution in [-0.4, -0.2) is 57.1 Å². The number of hydrogen-bond donors (Lipinski definition) is 0. The van der Waals surface area contributed by atoms with E-state index in [9.17, 15) is 13.2 Å². The monoisotopic (exact) mass is 459 g/mol. The minimum atomic E-state index is -3.74. The average Bonchev–Trinajstić information content (AvgIpc) is 3.13. The van der Waals surface area contributed by atoms with Crippen LogP contribution in [0.2, 0.25) is 0 Å². The van der Waals surface area contributed by atoms with Gasteiger partial charge in [-0.15, -0.1) is 0 Å². The molecule has 1 aromatic heterocycles. The highest BCUT2D eigenvalue weighted by atomic mass is 32.2. The van der Waals surface area contributed by atoms with Gasteiger partial charge in [-0.05, 0) is 70.2 Å². The molecule has 0 aliphatic rings. The fourth-order valence-corrected chi connectivity index (χ4v) is 5.50. The van der Waals surface area contributed by atoms with Crippen LogP contribution in [-0.2, 0) is 21.1 Å². The van der Waals surface area contributed by atoms with Crippen LogP contribution in [0, 0.1) is 6.92 Å². The summed E-state index contributed by atoms with van der Waals surface area (Å²) in [5.74, 6) is -1.03. The van der Waals surface area contributed by atoms with E-state index in [1.807, 2.05) is 38.1 Å². The third-order valence-electron chi connectivity index (χ3n) is 5.06. The van der Waals surface area contributed by atoms with Gasteiger partial charge in [0.2, 0.25) is 5.91 Å². The molecule has 0 spiro atoms. The molecule has 1 heterocycles. The lowest BCUT2D eigenvalue weighted by atomic mass is 10.2. The number of fused-ring (bicyclic) bond motifs is 1. The van der Waals surface area contributed by atoms with Crippen molar-refractivity contribution >= 4 is 42.4 Å². The molecule has 1 amide bonds. The maximum absolute atomic E-state index is 13.2. The zero-order valence-corrected chi connectivity index (χ0v) is 20.1. The SMILES string of the molecule is CCc1ccc2nc(N(CCCN(C)C)C(=O)CS(=O)(=O)c3ccc(C)cc3)sc2c1. The Balaban J connectivity index is 1.89. The molecule has 0 N–H and O–H groups in total. The minimum Gasteiger partial charge on any atom is -0.309 e. The van der Waals surface area contributed by atoms with Gasteiger partial charge in [0, 0.05) is 6.54 Å². The quantitative estimate of drug-likeness (QED) is 0.485. The highest BCUT2D eigenvalue weighted by molar-refractivity contribution is 7.92. The molecule has 3 rings (SSSR count). The number of rotatable bonds is 9. The summed E-state index contributed by atoms with van der Waals surface area (Å²) in [6, 6.07) is 12.7. The first kappa shape index (κ1) is 23.4. The van der Waals surface area contributed by atoms with Crippen LogP contribution >= 0.6 is 11.3 Å². The summed E-state index contributed by atoms with van der Waals surface area (Å²) in [5, 5.41) is 0.547. The number of aryl methyl sites for hydroxylation is 2. The summed E-state index contributed by atoms with van der Waals surface area (Å²) in [7, 11) is 0.204. The molecule has 0 unspecified atom stereocenters. The number of amides is 1. The number of anilines is 1. The molecule has 0 saturated heterocycles. The Morgan fingerprint density at radius 1 is 1.06 bits per heavy atom. The highest BCUT2D eigenvalue weighted by Gasteiger charge is 2.26. The first-order chi connectivity index (χ1) is 14.7.